The maximum absolute atomic E-state index is 11.9. The number of carbonyl (C=O) groups excluding carboxylic acids is 1. The Morgan fingerprint density at radius 3 is 2.22 bits per heavy atom. The molecule has 1 aliphatic rings. The second kappa shape index (κ2) is 5.60. The highest BCUT2D eigenvalue weighted by molar-refractivity contribution is 5.75. The van der Waals surface area contributed by atoms with E-state index >= 15 is 0 Å². The van der Waals surface area contributed by atoms with E-state index in [4.69, 9.17) is 4.74 Å². The van der Waals surface area contributed by atoms with Crippen molar-refractivity contribution in [3.8, 4) is 0 Å². The van der Waals surface area contributed by atoms with Crippen LogP contribution in [0.15, 0.2) is 0 Å². The number of nitrogens with one attached hydrogen (secondary N) is 1. The summed E-state index contributed by atoms with van der Waals surface area (Å²) in [6.07, 6.45) is 4.76. The Labute approximate surface area is 112 Å². The molecule has 0 bridgehead atoms. The van der Waals surface area contributed by atoms with Gasteiger partial charge in [-0.15, -0.1) is 0 Å². The minimum absolute atomic E-state index is 0.146. The van der Waals surface area contributed by atoms with Crippen LogP contribution < -0.4 is 5.32 Å². The molecular formula is C15H29NO2. The normalized spacial score (nSPS) is 22.6. The van der Waals surface area contributed by atoms with Crippen LogP contribution in [0.1, 0.15) is 67.2 Å². The van der Waals surface area contributed by atoms with Crippen LogP contribution in [-0.2, 0) is 9.53 Å². The Morgan fingerprint density at radius 2 is 1.78 bits per heavy atom. The predicted molar refractivity (Wildman–Crippen MR) is 74.5 cm³/mol. The molecule has 1 atom stereocenters. The predicted octanol–water partition coefficient (Wildman–Crippen LogP) is 3.28. The third-order valence-corrected chi connectivity index (χ3v) is 3.59. The van der Waals surface area contributed by atoms with Crippen LogP contribution in [0.25, 0.3) is 0 Å². The fraction of sp³-hybridized carbons (Fsp3) is 0.933. The lowest BCUT2D eigenvalue weighted by atomic mass is 9.75. The summed E-state index contributed by atoms with van der Waals surface area (Å²) in [5.41, 5.74) is 0.0644. The van der Waals surface area contributed by atoms with E-state index in [1.54, 1.807) is 0 Å². The number of carbonyl (C=O) groups is 1. The summed E-state index contributed by atoms with van der Waals surface area (Å²) in [4.78, 5) is 11.9. The summed E-state index contributed by atoms with van der Waals surface area (Å²) in [5, 5.41) is 3.40. The van der Waals surface area contributed by atoms with Gasteiger partial charge in [-0.25, -0.2) is 0 Å². The summed E-state index contributed by atoms with van der Waals surface area (Å²) in [6, 6.07) is 0.246. The SMILES string of the molecule is CC(NC1CCC(C)(C)CC1)C(=O)OC(C)(C)C. The lowest BCUT2D eigenvalue weighted by Gasteiger charge is -2.36. The van der Waals surface area contributed by atoms with Crippen LogP contribution in [0.4, 0.5) is 0 Å². The molecule has 3 nitrogen and oxygen atoms in total. The summed E-state index contributed by atoms with van der Waals surface area (Å²) in [6.45, 7) is 12.2. The molecular weight excluding hydrogens is 226 g/mol. The third kappa shape index (κ3) is 5.38. The van der Waals surface area contributed by atoms with Crippen LogP contribution in [-0.4, -0.2) is 23.7 Å². The molecule has 3 heteroatoms. The van der Waals surface area contributed by atoms with Crippen molar-refractivity contribution in [2.24, 2.45) is 5.41 Å². The van der Waals surface area contributed by atoms with Crippen molar-refractivity contribution in [3.05, 3.63) is 0 Å². The van der Waals surface area contributed by atoms with E-state index in [0.29, 0.717) is 11.5 Å². The van der Waals surface area contributed by atoms with Crippen molar-refractivity contribution in [3.63, 3.8) is 0 Å². The van der Waals surface area contributed by atoms with Gasteiger partial charge in [-0.2, -0.15) is 0 Å². The molecule has 0 aromatic rings. The molecule has 1 aliphatic carbocycles. The zero-order valence-electron chi connectivity index (χ0n) is 12.8. The molecule has 1 unspecified atom stereocenters. The summed E-state index contributed by atoms with van der Waals surface area (Å²) in [5.74, 6) is -0.146. The Bertz CT molecular complexity index is 281. The molecule has 0 heterocycles. The van der Waals surface area contributed by atoms with Crippen molar-refractivity contribution in [1.82, 2.24) is 5.32 Å². The topological polar surface area (TPSA) is 38.3 Å². The number of hydrogen-bond acceptors (Lipinski definition) is 3. The molecule has 0 radical (unpaired) electrons. The smallest absolute Gasteiger partial charge is 0.323 e. The Morgan fingerprint density at radius 1 is 1.28 bits per heavy atom. The number of esters is 1. The van der Waals surface area contributed by atoms with E-state index < -0.39 is 5.60 Å². The van der Waals surface area contributed by atoms with Gasteiger partial charge in [0.2, 0.25) is 0 Å². The molecule has 0 aromatic heterocycles. The average Bonchev–Trinajstić information content (AvgIpc) is 2.18. The van der Waals surface area contributed by atoms with E-state index in [1.807, 2.05) is 27.7 Å². The highest BCUT2D eigenvalue weighted by atomic mass is 16.6. The van der Waals surface area contributed by atoms with Crippen molar-refractivity contribution in [2.45, 2.75) is 84.9 Å². The maximum atomic E-state index is 11.9. The van der Waals surface area contributed by atoms with Gasteiger partial charge in [-0.1, -0.05) is 13.8 Å². The third-order valence-electron chi connectivity index (χ3n) is 3.59. The first-order valence-corrected chi connectivity index (χ1v) is 7.08. The van der Waals surface area contributed by atoms with E-state index in [1.165, 1.54) is 12.8 Å². The fourth-order valence-corrected chi connectivity index (χ4v) is 2.38. The van der Waals surface area contributed by atoms with Crippen LogP contribution in [0, 0.1) is 5.41 Å². The van der Waals surface area contributed by atoms with Gasteiger partial charge in [-0.05, 0) is 58.8 Å². The summed E-state index contributed by atoms with van der Waals surface area (Å²) in [7, 11) is 0. The molecule has 1 saturated carbocycles. The molecule has 106 valence electrons. The first-order valence-electron chi connectivity index (χ1n) is 7.08. The second-order valence-corrected chi connectivity index (χ2v) is 7.36. The monoisotopic (exact) mass is 255 g/mol. The van der Waals surface area contributed by atoms with Crippen LogP contribution in [0.5, 0.6) is 0 Å². The van der Waals surface area contributed by atoms with Gasteiger partial charge in [-0.3, -0.25) is 4.79 Å². The fourth-order valence-electron chi connectivity index (χ4n) is 2.38. The lowest BCUT2D eigenvalue weighted by molar-refractivity contribution is -0.157. The Balaban J connectivity index is 2.37. The highest BCUT2D eigenvalue weighted by Crippen LogP contribution is 2.35. The molecule has 0 aromatic carbocycles. The van der Waals surface area contributed by atoms with Gasteiger partial charge in [0.25, 0.3) is 0 Å². The number of rotatable bonds is 3. The highest BCUT2D eigenvalue weighted by Gasteiger charge is 2.29. The van der Waals surface area contributed by atoms with Crippen LogP contribution >= 0.6 is 0 Å². The van der Waals surface area contributed by atoms with Gasteiger partial charge in [0.05, 0.1) is 0 Å². The summed E-state index contributed by atoms with van der Waals surface area (Å²) < 4.78 is 5.38. The van der Waals surface area contributed by atoms with E-state index in [-0.39, 0.29) is 12.0 Å². The molecule has 1 fully saturated rings. The zero-order chi connectivity index (χ0) is 14.0. The van der Waals surface area contributed by atoms with Gasteiger partial charge in [0.15, 0.2) is 0 Å². The quantitative estimate of drug-likeness (QED) is 0.787. The summed E-state index contributed by atoms with van der Waals surface area (Å²) >= 11 is 0. The zero-order valence-corrected chi connectivity index (χ0v) is 12.8. The second-order valence-electron chi connectivity index (χ2n) is 7.36. The standard InChI is InChI=1S/C15H29NO2/c1-11(13(17)18-14(2,3)4)16-12-7-9-15(5,6)10-8-12/h11-12,16H,7-10H2,1-6H3. The van der Waals surface area contributed by atoms with Gasteiger partial charge in [0.1, 0.15) is 11.6 Å². The Kier molecular flexibility index (Phi) is 4.82. The largest absolute Gasteiger partial charge is 0.459 e. The molecule has 0 saturated heterocycles. The van der Waals surface area contributed by atoms with Crippen molar-refractivity contribution in [2.75, 3.05) is 0 Å². The number of hydrogen-bond donors (Lipinski definition) is 1. The van der Waals surface area contributed by atoms with Gasteiger partial charge >= 0.3 is 5.97 Å². The van der Waals surface area contributed by atoms with Crippen molar-refractivity contribution >= 4 is 5.97 Å². The van der Waals surface area contributed by atoms with Crippen LogP contribution in [0.3, 0.4) is 0 Å². The van der Waals surface area contributed by atoms with E-state index in [9.17, 15) is 4.79 Å². The van der Waals surface area contributed by atoms with Crippen molar-refractivity contribution < 1.29 is 9.53 Å². The maximum Gasteiger partial charge on any atom is 0.323 e. The molecule has 18 heavy (non-hydrogen) atoms. The van der Waals surface area contributed by atoms with E-state index in [2.05, 4.69) is 19.2 Å². The molecule has 0 amide bonds. The minimum atomic E-state index is -0.401. The minimum Gasteiger partial charge on any atom is -0.459 e. The van der Waals surface area contributed by atoms with Crippen molar-refractivity contribution in [1.29, 1.82) is 0 Å². The Hall–Kier alpha value is -0.570. The molecule has 0 aliphatic heterocycles. The molecule has 0 spiro atoms. The van der Waals surface area contributed by atoms with E-state index in [0.717, 1.165) is 12.8 Å². The molecule has 1 rings (SSSR count). The first kappa shape index (κ1) is 15.5. The van der Waals surface area contributed by atoms with Crippen LogP contribution in [0.2, 0.25) is 0 Å². The number of ether oxygens (including phenoxy) is 1. The van der Waals surface area contributed by atoms with Gasteiger partial charge < -0.3 is 10.1 Å². The average molecular weight is 255 g/mol. The lowest BCUT2D eigenvalue weighted by Crippen LogP contribution is -2.46. The van der Waals surface area contributed by atoms with Gasteiger partial charge in [0, 0.05) is 6.04 Å². The first-order chi connectivity index (χ1) is 8.09. The molecule has 1 N–H and O–H groups in total.